The third-order valence-electron chi connectivity index (χ3n) is 6.63. The number of hydrogen-bond acceptors (Lipinski definition) is 2. The molecule has 5 rings (SSSR count). The summed E-state index contributed by atoms with van der Waals surface area (Å²) in [6.07, 6.45) is 5.86. The van der Waals surface area contributed by atoms with E-state index in [1.165, 1.54) is 17.7 Å². The molecule has 0 saturated heterocycles. The van der Waals surface area contributed by atoms with Gasteiger partial charge in [0.1, 0.15) is 11.6 Å². The molecule has 2 heterocycles. The Bertz CT molecular complexity index is 1190. The SMILES string of the molecule is CC(c1nc2cc(F)c(F)cc2[nH]1)C1CCC(c2ccnc3ccc(F)cc23)CC1. The number of aromatic amines is 1. The van der Waals surface area contributed by atoms with Crippen LogP contribution in [0.15, 0.2) is 42.6 Å². The minimum absolute atomic E-state index is 0.163. The Morgan fingerprint density at radius 1 is 0.933 bits per heavy atom. The predicted molar refractivity (Wildman–Crippen MR) is 111 cm³/mol. The minimum atomic E-state index is -0.880. The van der Waals surface area contributed by atoms with Gasteiger partial charge in [-0.25, -0.2) is 18.2 Å². The summed E-state index contributed by atoms with van der Waals surface area (Å²) in [7, 11) is 0. The van der Waals surface area contributed by atoms with E-state index >= 15 is 0 Å². The zero-order valence-electron chi connectivity index (χ0n) is 16.6. The summed E-state index contributed by atoms with van der Waals surface area (Å²) in [5, 5.41) is 0.898. The lowest BCUT2D eigenvalue weighted by molar-refractivity contribution is 0.286. The average Bonchev–Trinajstić information content (AvgIpc) is 3.16. The van der Waals surface area contributed by atoms with Crippen LogP contribution in [0.1, 0.15) is 55.8 Å². The van der Waals surface area contributed by atoms with Crippen molar-refractivity contribution in [3.8, 4) is 0 Å². The molecule has 2 aromatic carbocycles. The second kappa shape index (κ2) is 7.42. The maximum absolute atomic E-state index is 13.8. The second-order valence-electron chi connectivity index (χ2n) is 8.37. The number of nitrogens with one attached hydrogen (secondary N) is 1. The molecule has 0 aliphatic heterocycles. The lowest BCUT2D eigenvalue weighted by Crippen LogP contribution is -2.19. The lowest BCUT2D eigenvalue weighted by Gasteiger charge is -2.32. The summed E-state index contributed by atoms with van der Waals surface area (Å²) in [4.78, 5) is 12.0. The monoisotopic (exact) mass is 409 g/mol. The molecular formula is C24H22F3N3. The van der Waals surface area contributed by atoms with Crippen molar-refractivity contribution in [2.45, 2.75) is 44.4 Å². The van der Waals surface area contributed by atoms with Gasteiger partial charge in [-0.1, -0.05) is 6.92 Å². The molecule has 0 spiro atoms. The maximum atomic E-state index is 13.8. The first kappa shape index (κ1) is 19.1. The van der Waals surface area contributed by atoms with Crippen molar-refractivity contribution >= 4 is 21.9 Å². The number of halogens is 3. The van der Waals surface area contributed by atoms with Crippen molar-refractivity contribution in [1.82, 2.24) is 15.0 Å². The largest absolute Gasteiger partial charge is 0.342 e. The first-order valence-electron chi connectivity index (χ1n) is 10.4. The molecule has 6 heteroatoms. The van der Waals surface area contributed by atoms with Gasteiger partial charge in [-0.3, -0.25) is 4.98 Å². The molecular weight excluding hydrogens is 387 g/mol. The first-order chi connectivity index (χ1) is 14.5. The van der Waals surface area contributed by atoms with Crippen molar-refractivity contribution < 1.29 is 13.2 Å². The van der Waals surface area contributed by atoms with E-state index in [0.717, 1.165) is 48.5 Å². The number of H-pyrrole nitrogens is 1. The minimum Gasteiger partial charge on any atom is -0.342 e. The van der Waals surface area contributed by atoms with Crippen LogP contribution in [0.4, 0.5) is 13.2 Å². The number of fused-ring (bicyclic) bond motifs is 2. The zero-order chi connectivity index (χ0) is 20.8. The predicted octanol–water partition coefficient (Wildman–Crippen LogP) is 6.61. The van der Waals surface area contributed by atoms with Crippen LogP contribution in [0.3, 0.4) is 0 Å². The van der Waals surface area contributed by atoms with E-state index in [4.69, 9.17) is 0 Å². The zero-order valence-corrected chi connectivity index (χ0v) is 16.6. The van der Waals surface area contributed by atoms with Crippen LogP contribution in [0.2, 0.25) is 0 Å². The van der Waals surface area contributed by atoms with Gasteiger partial charge in [-0.05, 0) is 67.3 Å². The second-order valence-corrected chi connectivity index (χ2v) is 8.37. The summed E-state index contributed by atoms with van der Waals surface area (Å²) in [6, 6.07) is 9.08. The molecule has 1 aliphatic rings. The van der Waals surface area contributed by atoms with Gasteiger partial charge in [0.15, 0.2) is 11.6 Å². The van der Waals surface area contributed by atoms with Crippen molar-refractivity contribution in [1.29, 1.82) is 0 Å². The Kier molecular flexibility index (Phi) is 4.72. The maximum Gasteiger partial charge on any atom is 0.161 e. The molecule has 2 aromatic heterocycles. The smallest absolute Gasteiger partial charge is 0.161 e. The molecule has 1 unspecified atom stereocenters. The van der Waals surface area contributed by atoms with Crippen molar-refractivity contribution in [3.63, 3.8) is 0 Å². The quantitative estimate of drug-likeness (QED) is 0.414. The van der Waals surface area contributed by atoms with Gasteiger partial charge in [0.2, 0.25) is 0 Å². The fourth-order valence-electron chi connectivity index (χ4n) is 4.89. The van der Waals surface area contributed by atoms with Crippen LogP contribution >= 0.6 is 0 Å². The number of aromatic nitrogens is 3. The molecule has 1 aliphatic carbocycles. The van der Waals surface area contributed by atoms with E-state index in [9.17, 15) is 13.2 Å². The van der Waals surface area contributed by atoms with Gasteiger partial charge in [-0.2, -0.15) is 0 Å². The summed E-state index contributed by atoms with van der Waals surface area (Å²) in [5.74, 6) is -0.245. The number of nitrogens with zero attached hydrogens (tertiary/aromatic N) is 2. The standard InChI is InChI=1S/C24H22F3N3/c1-13(24-29-22-11-19(26)20(27)12-23(22)30-24)14-2-4-15(5-3-14)17-8-9-28-21-7-6-16(25)10-18(17)21/h6-15H,2-5H2,1H3,(H,29,30). The van der Waals surface area contributed by atoms with E-state index < -0.39 is 11.6 Å². The molecule has 1 N–H and O–H groups in total. The highest BCUT2D eigenvalue weighted by atomic mass is 19.2. The Labute approximate surface area is 172 Å². The summed E-state index contributed by atoms with van der Waals surface area (Å²) in [6.45, 7) is 2.12. The van der Waals surface area contributed by atoms with Crippen LogP contribution in [-0.4, -0.2) is 15.0 Å². The number of hydrogen-bond donors (Lipinski definition) is 1. The van der Waals surface area contributed by atoms with Gasteiger partial charge >= 0.3 is 0 Å². The molecule has 1 fully saturated rings. The van der Waals surface area contributed by atoms with Gasteiger partial charge in [0.05, 0.1) is 16.6 Å². The number of rotatable bonds is 3. The van der Waals surface area contributed by atoms with E-state index in [1.54, 1.807) is 18.3 Å². The molecule has 0 radical (unpaired) electrons. The fraction of sp³-hybridized carbons (Fsp3) is 0.333. The third kappa shape index (κ3) is 3.34. The Morgan fingerprint density at radius 3 is 2.50 bits per heavy atom. The van der Waals surface area contributed by atoms with Crippen LogP contribution in [0.25, 0.3) is 21.9 Å². The Hall–Kier alpha value is -2.89. The van der Waals surface area contributed by atoms with Crippen LogP contribution in [-0.2, 0) is 0 Å². The number of pyridine rings is 1. The highest BCUT2D eigenvalue weighted by Gasteiger charge is 2.29. The molecule has 4 aromatic rings. The molecule has 3 nitrogen and oxygen atoms in total. The van der Waals surface area contributed by atoms with E-state index in [1.807, 2.05) is 6.07 Å². The summed E-state index contributed by atoms with van der Waals surface area (Å²) in [5.41, 5.74) is 2.97. The number of benzene rings is 2. The Morgan fingerprint density at radius 2 is 1.70 bits per heavy atom. The third-order valence-corrected chi connectivity index (χ3v) is 6.63. The fourth-order valence-corrected chi connectivity index (χ4v) is 4.89. The molecule has 0 bridgehead atoms. The normalized spacial score (nSPS) is 20.7. The van der Waals surface area contributed by atoms with Crippen LogP contribution < -0.4 is 0 Å². The van der Waals surface area contributed by atoms with Crippen molar-refractivity contribution in [2.24, 2.45) is 5.92 Å². The van der Waals surface area contributed by atoms with Gasteiger partial charge in [0, 0.05) is 29.6 Å². The summed E-state index contributed by atoms with van der Waals surface area (Å²) < 4.78 is 40.8. The topological polar surface area (TPSA) is 41.6 Å². The van der Waals surface area contributed by atoms with E-state index in [0.29, 0.717) is 22.9 Å². The highest BCUT2D eigenvalue weighted by Crippen LogP contribution is 2.43. The first-order valence-corrected chi connectivity index (χ1v) is 10.4. The molecule has 30 heavy (non-hydrogen) atoms. The van der Waals surface area contributed by atoms with Crippen molar-refractivity contribution in [3.05, 3.63) is 71.4 Å². The highest BCUT2D eigenvalue weighted by molar-refractivity contribution is 5.82. The summed E-state index contributed by atoms with van der Waals surface area (Å²) >= 11 is 0. The van der Waals surface area contributed by atoms with Crippen LogP contribution in [0, 0.1) is 23.4 Å². The van der Waals surface area contributed by atoms with Gasteiger partial charge in [0.25, 0.3) is 0 Å². The molecule has 0 amide bonds. The van der Waals surface area contributed by atoms with E-state index in [-0.39, 0.29) is 11.7 Å². The van der Waals surface area contributed by atoms with E-state index in [2.05, 4.69) is 21.9 Å². The average molecular weight is 409 g/mol. The Balaban J connectivity index is 1.34. The molecule has 154 valence electrons. The van der Waals surface area contributed by atoms with Gasteiger partial charge in [-0.15, -0.1) is 0 Å². The molecule has 1 atom stereocenters. The van der Waals surface area contributed by atoms with Crippen LogP contribution in [0.5, 0.6) is 0 Å². The lowest BCUT2D eigenvalue weighted by atomic mass is 9.73. The van der Waals surface area contributed by atoms with Gasteiger partial charge < -0.3 is 4.98 Å². The van der Waals surface area contributed by atoms with Crippen molar-refractivity contribution in [2.75, 3.05) is 0 Å². The molecule has 1 saturated carbocycles. The number of imidazole rings is 1.